The van der Waals surface area contributed by atoms with Gasteiger partial charge in [0.05, 0.1) is 5.92 Å². The van der Waals surface area contributed by atoms with E-state index in [1.54, 1.807) is 19.2 Å². The quantitative estimate of drug-likeness (QED) is 0.820. The van der Waals surface area contributed by atoms with Crippen molar-refractivity contribution in [2.24, 2.45) is 0 Å². The zero-order valence-corrected chi connectivity index (χ0v) is 10.7. The molecule has 0 aliphatic heterocycles. The van der Waals surface area contributed by atoms with E-state index in [-0.39, 0.29) is 11.7 Å². The number of hydrogen-bond donors (Lipinski definition) is 0. The summed E-state index contributed by atoms with van der Waals surface area (Å²) in [6, 6.07) is 1.73. The molecule has 1 aliphatic rings. The minimum atomic E-state index is -0.238. The maximum atomic E-state index is 11.8. The van der Waals surface area contributed by atoms with Crippen LogP contribution in [0.15, 0.2) is 16.8 Å². The van der Waals surface area contributed by atoms with Gasteiger partial charge in [-0.3, -0.25) is 4.79 Å². The van der Waals surface area contributed by atoms with E-state index in [2.05, 4.69) is 20.1 Å². The summed E-state index contributed by atoms with van der Waals surface area (Å²) in [6.45, 7) is 1.80. The molecule has 98 valence electrons. The first-order valence-corrected chi connectivity index (χ1v) is 6.40. The zero-order chi connectivity index (χ0) is 13.2. The van der Waals surface area contributed by atoms with Gasteiger partial charge in [-0.2, -0.15) is 4.98 Å². The lowest BCUT2D eigenvalue weighted by atomic mass is 9.88. The molecule has 0 radical (unpaired) electrons. The zero-order valence-electron chi connectivity index (χ0n) is 10.7. The number of carbonyl (C=O) groups excluding carboxylic acids is 1. The molecule has 2 heterocycles. The summed E-state index contributed by atoms with van der Waals surface area (Å²) in [5, 5.41) is 3.91. The molecular formula is C13H14N4O2. The molecule has 0 bridgehead atoms. The van der Waals surface area contributed by atoms with Crippen LogP contribution in [-0.2, 0) is 4.79 Å². The van der Waals surface area contributed by atoms with Crippen molar-refractivity contribution in [3.8, 4) is 11.5 Å². The molecule has 6 heteroatoms. The first-order valence-electron chi connectivity index (χ1n) is 6.40. The van der Waals surface area contributed by atoms with Crippen molar-refractivity contribution in [2.45, 2.75) is 38.5 Å². The Morgan fingerprint density at radius 1 is 1.32 bits per heavy atom. The largest absolute Gasteiger partial charge is 0.338 e. The molecule has 0 saturated heterocycles. The Kier molecular flexibility index (Phi) is 3.06. The van der Waals surface area contributed by atoms with E-state index in [1.165, 1.54) is 0 Å². The Morgan fingerprint density at radius 2 is 2.21 bits per heavy atom. The lowest BCUT2D eigenvalue weighted by Crippen LogP contribution is -2.17. The van der Waals surface area contributed by atoms with Crippen LogP contribution in [0.1, 0.15) is 43.3 Å². The van der Waals surface area contributed by atoms with Crippen LogP contribution < -0.4 is 0 Å². The van der Waals surface area contributed by atoms with Crippen LogP contribution in [0, 0.1) is 6.92 Å². The molecule has 2 aromatic rings. The molecule has 0 aromatic carbocycles. The van der Waals surface area contributed by atoms with Crippen molar-refractivity contribution >= 4 is 5.78 Å². The van der Waals surface area contributed by atoms with E-state index in [4.69, 9.17) is 4.52 Å². The summed E-state index contributed by atoms with van der Waals surface area (Å²) in [4.78, 5) is 24.4. The van der Waals surface area contributed by atoms with Crippen LogP contribution in [0.2, 0.25) is 0 Å². The number of nitrogens with zero attached hydrogens (tertiary/aromatic N) is 4. The fourth-order valence-corrected chi connectivity index (χ4v) is 2.31. The predicted octanol–water partition coefficient (Wildman–Crippen LogP) is 2.06. The molecule has 1 aliphatic carbocycles. The second-order valence-corrected chi connectivity index (χ2v) is 4.71. The van der Waals surface area contributed by atoms with Gasteiger partial charge in [-0.15, -0.1) is 0 Å². The van der Waals surface area contributed by atoms with Crippen LogP contribution >= 0.6 is 0 Å². The maximum absolute atomic E-state index is 11.8. The summed E-state index contributed by atoms with van der Waals surface area (Å²) < 4.78 is 5.23. The average molecular weight is 258 g/mol. The van der Waals surface area contributed by atoms with E-state index < -0.39 is 0 Å². The molecule has 0 amide bonds. The molecular weight excluding hydrogens is 244 g/mol. The molecule has 2 aromatic heterocycles. The maximum Gasteiger partial charge on any atom is 0.237 e. The summed E-state index contributed by atoms with van der Waals surface area (Å²) in [6.07, 6.45) is 5.04. The van der Waals surface area contributed by atoms with Gasteiger partial charge < -0.3 is 4.52 Å². The number of rotatable bonds is 2. The molecule has 0 N–H and O–H groups in total. The van der Waals surface area contributed by atoms with Crippen molar-refractivity contribution in [2.75, 3.05) is 0 Å². The van der Waals surface area contributed by atoms with E-state index in [0.29, 0.717) is 29.7 Å². The fraction of sp³-hybridized carbons (Fsp3) is 0.462. The number of hydrogen-bond acceptors (Lipinski definition) is 6. The summed E-state index contributed by atoms with van der Waals surface area (Å²) in [5.41, 5.74) is 0.616. The predicted molar refractivity (Wildman–Crippen MR) is 66.3 cm³/mol. The molecule has 1 unspecified atom stereocenters. The van der Waals surface area contributed by atoms with Gasteiger partial charge in [0.2, 0.25) is 11.7 Å². The Morgan fingerprint density at radius 3 is 3.00 bits per heavy atom. The van der Waals surface area contributed by atoms with Gasteiger partial charge in [-0.25, -0.2) is 9.97 Å². The Labute approximate surface area is 110 Å². The lowest BCUT2D eigenvalue weighted by Gasteiger charge is -2.16. The minimum Gasteiger partial charge on any atom is -0.338 e. The topological polar surface area (TPSA) is 81.8 Å². The van der Waals surface area contributed by atoms with Gasteiger partial charge in [0, 0.05) is 12.6 Å². The molecule has 6 nitrogen and oxygen atoms in total. The Bertz CT molecular complexity index is 608. The Balaban J connectivity index is 1.89. The third kappa shape index (κ3) is 2.38. The molecule has 0 spiro atoms. The summed E-state index contributed by atoms with van der Waals surface area (Å²) in [7, 11) is 0. The van der Waals surface area contributed by atoms with Crippen molar-refractivity contribution in [3.05, 3.63) is 24.0 Å². The normalized spacial score (nSPS) is 19.6. The van der Waals surface area contributed by atoms with Gasteiger partial charge in [0.25, 0.3) is 0 Å². The van der Waals surface area contributed by atoms with Crippen LogP contribution in [0.3, 0.4) is 0 Å². The highest BCUT2D eigenvalue weighted by Gasteiger charge is 2.29. The van der Waals surface area contributed by atoms with Gasteiger partial charge >= 0.3 is 0 Å². The SMILES string of the molecule is Cc1nccc(-c2noc(C3CCCCC3=O)n2)n1. The third-order valence-electron chi connectivity index (χ3n) is 3.30. The first kappa shape index (κ1) is 12.0. The highest BCUT2D eigenvalue weighted by molar-refractivity contribution is 5.85. The minimum absolute atomic E-state index is 0.195. The highest BCUT2D eigenvalue weighted by atomic mass is 16.5. The summed E-state index contributed by atoms with van der Waals surface area (Å²) in [5.74, 6) is 1.44. The fourth-order valence-electron chi connectivity index (χ4n) is 2.31. The van der Waals surface area contributed by atoms with Crippen molar-refractivity contribution in [1.82, 2.24) is 20.1 Å². The smallest absolute Gasteiger partial charge is 0.237 e. The van der Waals surface area contributed by atoms with Crippen LogP contribution in [-0.4, -0.2) is 25.9 Å². The van der Waals surface area contributed by atoms with Crippen molar-refractivity contribution in [1.29, 1.82) is 0 Å². The standard InChI is InChI=1S/C13H14N4O2/c1-8-14-7-6-10(15-8)12-16-13(19-17-12)9-4-2-3-5-11(9)18/h6-7,9H,2-5H2,1H3. The molecule has 1 saturated carbocycles. The van der Waals surface area contributed by atoms with E-state index in [1.807, 2.05) is 0 Å². The van der Waals surface area contributed by atoms with Gasteiger partial charge in [0.15, 0.2) is 0 Å². The monoisotopic (exact) mass is 258 g/mol. The van der Waals surface area contributed by atoms with Crippen LogP contribution in [0.4, 0.5) is 0 Å². The highest BCUT2D eigenvalue weighted by Crippen LogP contribution is 2.29. The van der Waals surface area contributed by atoms with Gasteiger partial charge in [-0.05, 0) is 25.8 Å². The van der Waals surface area contributed by atoms with E-state index >= 15 is 0 Å². The number of Topliss-reactive ketones (excluding diaryl/α,β-unsaturated/α-hetero) is 1. The van der Waals surface area contributed by atoms with Crippen molar-refractivity contribution < 1.29 is 9.32 Å². The molecule has 19 heavy (non-hydrogen) atoms. The first-order chi connectivity index (χ1) is 9.24. The van der Waals surface area contributed by atoms with Crippen molar-refractivity contribution in [3.63, 3.8) is 0 Å². The van der Waals surface area contributed by atoms with Crippen LogP contribution in [0.5, 0.6) is 0 Å². The Hall–Kier alpha value is -2.11. The second-order valence-electron chi connectivity index (χ2n) is 4.71. The van der Waals surface area contributed by atoms with Gasteiger partial charge in [0.1, 0.15) is 17.3 Å². The van der Waals surface area contributed by atoms with E-state index in [0.717, 1.165) is 19.3 Å². The molecule has 1 atom stereocenters. The number of carbonyl (C=O) groups is 1. The second kappa shape index (κ2) is 4.87. The number of ketones is 1. The molecule has 3 rings (SSSR count). The third-order valence-corrected chi connectivity index (χ3v) is 3.30. The number of aromatic nitrogens is 4. The molecule has 1 fully saturated rings. The van der Waals surface area contributed by atoms with Crippen LogP contribution in [0.25, 0.3) is 11.5 Å². The summed E-state index contributed by atoms with van der Waals surface area (Å²) >= 11 is 0. The van der Waals surface area contributed by atoms with Gasteiger partial charge in [-0.1, -0.05) is 11.6 Å². The lowest BCUT2D eigenvalue weighted by molar-refractivity contribution is -0.122. The number of aryl methyl sites for hydroxylation is 1. The average Bonchev–Trinajstić information content (AvgIpc) is 2.89. The van der Waals surface area contributed by atoms with E-state index in [9.17, 15) is 4.79 Å².